The molecule has 0 unspecified atom stereocenters. The van der Waals surface area contributed by atoms with Crippen molar-refractivity contribution in [1.82, 2.24) is 4.90 Å². The fraction of sp³-hybridized carbons (Fsp3) is 0.846. The highest BCUT2D eigenvalue weighted by Crippen LogP contribution is 2.41. The first-order valence-corrected chi connectivity index (χ1v) is 6.63. The van der Waals surface area contributed by atoms with Crippen molar-refractivity contribution in [1.29, 1.82) is 0 Å². The van der Waals surface area contributed by atoms with E-state index in [9.17, 15) is 19.8 Å². The SMILES string of the molecule is CC(C)(C)OC(=O)N1[C@@H]2C[C@@H](CC[C@H]2O)[C@H]1C(=O)O. The van der Waals surface area contributed by atoms with Gasteiger partial charge >= 0.3 is 12.1 Å². The van der Waals surface area contributed by atoms with Gasteiger partial charge in [0.1, 0.15) is 11.6 Å². The van der Waals surface area contributed by atoms with Crippen LogP contribution in [-0.2, 0) is 9.53 Å². The van der Waals surface area contributed by atoms with Crippen molar-refractivity contribution in [3.8, 4) is 0 Å². The number of aliphatic hydroxyl groups is 1. The minimum atomic E-state index is -1.02. The van der Waals surface area contributed by atoms with Crippen molar-refractivity contribution in [2.75, 3.05) is 0 Å². The van der Waals surface area contributed by atoms with Crippen LogP contribution in [0.2, 0.25) is 0 Å². The predicted octanol–water partition coefficient (Wildman–Crippen LogP) is 1.22. The monoisotopic (exact) mass is 271 g/mol. The summed E-state index contributed by atoms with van der Waals surface area (Å²) in [7, 11) is 0. The van der Waals surface area contributed by atoms with Gasteiger partial charge in [0.05, 0.1) is 12.1 Å². The summed E-state index contributed by atoms with van der Waals surface area (Å²) in [4.78, 5) is 24.8. The molecule has 0 aromatic heterocycles. The Morgan fingerprint density at radius 3 is 2.42 bits per heavy atom. The molecule has 1 aliphatic heterocycles. The molecule has 2 aliphatic rings. The maximum absolute atomic E-state index is 12.2. The van der Waals surface area contributed by atoms with Crippen molar-refractivity contribution in [2.45, 2.75) is 63.8 Å². The zero-order valence-corrected chi connectivity index (χ0v) is 11.5. The smallest absolute Gasteiger partial charge is 0.411 e. The standard InChI is InChI=1S/C13H21NO5/c1-13(2,3)19-12(18)14-8-6-7(4-5-9(8)15)10(14)11(16)17/h7-10,15H,4-6H2,1-3H3,(H,16,17)/t7-,8-,9-,10+/m1/s1. The van der Waals surface area contributed by atoms with E-state index in [1.807, 2.05) is 0 Å². The Labute approximate surface area is 112 Å². The molecule has 2 bridgehead atoms. The maximum atomic E-state index is 12.2. The Hall–Kier alpha value is -1.30. The van der Waals surface area contributed by atoms with Gasteiger partial charge in [-0.25, -0.2) is 9.59 Å². The van der Waals surface area contributed by atoms with Crippen molar-refractivity contribution in [3.63, 3.8) is 0 Å². The van der Waals surface area contributed by atoms with Crippen LogP contribution < -0.4 is 0 Å². The molecule has 4 atom stereocenters. The van der Waals surface area contributed by atoms with E-state index in [4.69, 9.17) is 4.74 Å². The van der Waals surface area contributed by atoms with Gasteiger partial charge in [-0.05, 0) is 46.0 Å². The van der Waals surface area contributed by atoms with Crippen molar-refractivity contribution in [2.24, 2.45) is 5.92 Å². The number of carbonyl (C=O) groups excluding carboxylic acids is 1. The lowest BCUT2D eigenvalue weighted by atomic mass is 9.85. The van der Waals surface area contributed by atoms with Gasteiger partial charge in [0, 0.05) is 0 Å². The van der Waals surface area contributed by atoms with Crippen LogP contribution in [0.1, 0.15) is 40.0 Å². The molecular weight excluding hydrogens is 250 g/mol. The van der Waals surface area contributed by atoms with E-state index in [1.54, 1.807) is 20.8 Å². The summed E-state index contributed by atoms with van der Waals surface area (Å²) in [6.45, 7) is 5.21. The van der Waals surface area contributed by atoms with Crippen LogP contribution in [0.25, 0.3) is 0 Å². The molecule has 108 valence electrons. The second kappa shape index (κ2) is 4.67. The quantitative estimate of drug-likeness (QED) is 0.748. The van der Waals surface area contributed by atoms with Crippen LogP contribution in [0.3, 0.4) is 0 Å². The second-order valence-corrected chi connectivity index (χ2v) is 6.38. The first-order chi connectivity index (χ1) is 8.70. The van der Waals surface area contributed by atoms with Gasteiger partial charge in [0.15, 0.2) is 0 Å². The summed E-state index contributed by atoms with van der Waals surface area (Å²) in [5.74, 6) is -1.11. The number of aliphatic hydroxyl groups excluding tert-OH is 1. The van der Waals surface area contributed by atoms with Crippen molar-refractivity contribution < 1.29 is 24.5 Å². The summed E-state index contributed by atoms with van der Waals surface area (Å²) in [6.07, 6.45) is 0.408. The Balaban J connectivity index is 2.24. The Morgan fingerprint density at radius 1 is 1.26 bits per heavy atom. The van der Waals surface area contributed by atoms with Gasteiger partial charge in [-0.15, -0.1) is 0 Å². The highest BCUT2D eigenvalue weighted by atomic mass is 16.6. The molecule has 2 fully saturated rings. The summed E-state index contributed by atoms with van der Waals surface area (Å²) in [5, 5.41) is 19.3. The minimum Gasteiger partial charge on any atom is -0.480 e. The number of ether oxygens (including phenoxy) is 1. The van der Waals surface area contributed by atoms with Gasteiger partial charge in [0.2, 0.25) is 0 Å². The molecule has 0 aromatic rings. The van der Waals surface area contributed by atoms with Crippen molar-refractivity contribution >= 4 is 12.1 Å². The molecular formula is C13H21NO5. The third kappa shape index (κ3) is 2.68. The molecule has 1 saturated heterocycles. The van der Waals surface area contributed by atoms with Crippen LogP contribution in [0.15, 0.2) is 0 Å². The predicted molar refractivity (Wildman–Crippen MR) is 66.6 cm³/mol. The number of carboxylic acids is 1. The minimum absolute atomic E-state index is 0.0848. The van der Waals surface area contributed by atoms with E-state index in [0.717, 1.165) is 0 Å². The number of rotatable bonds is 1. The van der Waals surface area contributed by atoms with Gasteiger partial charge in [-0.1, -0.05) is 0 Å². The number of amides is 1. The van der Waals surface area contributed by atoms with Crippen molar-refractivity contribution in [3.05, 3.63) is 0 Å². The molecule has 0 spiro atoms. The molecule has 0 aromatic carbocycles. The highest BCUT2D eigenvalue weighted by Gasteiger charge is 2.53. The van der Waals surface area contributed by atoms with Gasteiger partial charge in [0.25, 0.3) is 0 Å². The maximum Gasteiger partial charge on any atom is 0.411 e. The average Bonchev–Trinajstić information content (AvgIpc) is 2.56. The Morgan fingerprint density at radius 2 is 1.89 bits per heavy atom. The van der Waals surface area contributed by atoms with E-state index in [-0.39, 0.29) is 5.92 Å². The largest absolute Gasteiger partial charge is 0.480 e. The summed E-state index contributed by atoms with van der Waals surface area (Å²) in [5.41, 5.74) is -0.679. The Bertz CT molecular complexity index is 389. The van der Waals surface area contributed by atoms with E-state index >= 15 is 0 Å². The first kappa shape index (κ1) is 14.1. The third-order valence-electron chi connectivity index (χ3n) is 3.78. The first-order valence-electron chi connectivity index (χ1n) is 6.63. The van der Waals surface area contributed by atoms with Gasteiger partial charge in [-0.2, -0.15) is 0 Å². The summed E-state index contributed by atoms with van der Waals surface area (Å²) < 4.78 is 5.27. The molecule has 6 heteroatoms. The van der Waals surface area contributed by atoms with Gasteiger partial charge in [-0.3, -0.25) is 4.90 Å². The highest BCUT2D eigenvalue weighted by molar-refractivity contribution is 5.81. The van der Waals surface area contributed by atoms with E-state index < -0.39 is 35.9 Å². The molecule has 19 heavy (non-hydrogen) atoms. The normalized spacial score (nSPS) is 34.2. The lowest BCUT2D eigenvalue weighted by Gasteiger charge is -2.32. The summed E-state index contributed by atoms with van der Waals surface area (Å²) in [6, 6.07) is -1.31. The number of hydrogen-bond donors (Lipinski definition) is 2. The number of nitrogens with zero attached hydrogens (tertiary/aromatic N) is 1. The molecule has 0 radical (unpaired) electrons. The number of likely N-dealkylation sites (tertiary alicyclic amines) is 1. The zero-order chi connectivity index (χ0) is 14.4. The topological polar surface area (TPSA) is 87.1 Å². The van der Waals surface area contributed by atoms with E-state index in [0.29, 0.717) is 19.3 Å². The zero-order valence-electron chi connectivity index (χ0n) is 11.5. The molecule has 1 saturated carbocycles. The second-order valence-electron chi connectivity index (χ2n) is 6.38. The number of carboxylic acid groups (broad SMARTS) is 1. The lowest BCUT2D eigenvalue weighted by Crippen LogP contribution is -2.50. The third-order valence-corrected chi connectivity index (χ3v) is 3.78. The Kier molecular flexibility index (Phi) is 3.47. The van der Waals surface area contributed by atoms with Gasteiger partial charge < -0.3 is 14.9 Å². The fourth-order valence-corrected chi connectivity index (χ4v) is 3.07. The van der Waals surface area contributed by atoms with E-state index in [1.165, 1.54) is 4.90 Å². The van der Waals surface area contributed by atoms with Crippen LogP contribution in [0.5, 0.6) is 0 Å². The summed E-state index contributed by atoms with van der Waals surface area (Å²) >= 11 is 0. The lowest BCUT2D eigenvalue weighted by molar-refractivity contribution is -0.143. The molecule has 2 rings (SSSR count). The number of carbonyl (C=O) groups is 2. The van der Waals surface area contributed by atoms with Crippen LogP contribution in [-0.4, -0.2) is 51.0 Å². The van der Waals surface area contributed by atoms with E-state index in [2.05, 4.69) is 0 Å². The van der Waals surface area contributed by atoms with Crippen LogP contribution in [0, 0.1) is 5.92 Å². The molecule has 2 N–H and O–H groups in total. The molecule has 1 amide bonds. The molecule has 6 nitrogen and oxygen atoms in total. The molecule has 1 aliphatic carbocycles. The fourth-order valence-electron chi connectivity index (χ4n) is 3.07. The number of aliphatic carboxylic acids is 1. The van der Waals surface area contributed by atoms with Crippen LogP contribution >= 0.6 is 0 Å². The average molecular weight is 271 g/mol. The number of hydrogen-bond acceptors (Lipinski definition) is 4. The van der Waals surface area contributed by atoms with Crippen LogP contribution in [0.4, 0.5) is 4.79 Å². The number of fused-ring (bicyclic) bond motifs is 2. The molecule has 1 heterocycles.